The van der Waals surface area contributed by atoms with Gasteiger partial charge in [-0.3, -0.25) is 14.4 Å². The minimum Gasteiger partial charge on any atom is -0.391 e. The number of primary amides is 1. The fourth-order valence-electron chi connectivity index (χ4n) is 5.02. The molecule has 1 aliphatic heterocycles. The van der Waals surface area contributed by atoms with Gasteiger partial charge in [-0.15, -0.1) is 5.10 Å². The summed E-state index contributed by atoms with van der Waals surface area (Å²) in [5.74, 6) is -1.68. The Hall–Kier alpha value is -4.05. The van der Waals surface area contributed by atoms with Crippen molar-refractivity contribution in [2.75, 3.05) is 6.54 Å². The van der Waals surface area contributed by atoms with Gasteiger partial charge in [0, 0.05) is 19.4 Å². The van der Waals surface area contributed by atoms with Crippen molar-refractivity contribution >= 4 is 17.7 Å². The van der Waals surface area contributed by atoms with E-state index in [1.165, 1.54) is 4.90 Å². The summed E-state index contributed by atoms with van der Waals surface area (Å²) >= 11 is 0. The van der Waals surface area contributed by atoms with Crippen LogP contribution in [0.2, 0.25) is 0 Å². The fraction of sp³-hybridized carbons (Fsp3) is 0.414. The van der Waals surface area contributed by atoms with E-state index < -0.39 is 36.0 Å². The van der Waals surface area contributed by atoms with Crippen LogP contribution in [-0.2, 0) is 20.8 Å². The van der Waals surface area contributed by atoms with Gasteiger partial charge in [0.2, 0.25) is 17.7 Å². The summed E-state index contributed by atoms with van der Waals surface area (Å²) < 4.78 is 1.58. The summed E-state index contributed by atoms with van der Waals surface area (Å²) in [5.41, 5.74) is 10.1. The zero-order chi connectivity index (χ0) is 28.3. The number of hydrogen-bond acceptors (Lipinski definition) is 6. The minimum atomic E-state index is -0.976. The maximum atomic E-state index is 13.7. The van der Waals surface area contributed by atoms with E-state index >= 15 is 0 Å². The molecule has 1 fully saturated rings. The molecule has 0 unspecified atom stereocenters. The molecular weight excluding hydrogens is 496 g/mol. The highest BCUT2D eigenvalue weighted by atomic mass is 16.3. The van der Waals surface area contributed by atoms with Crippen LogP contribution in [0.5, 0.6) is 0 Å². The molecule has 0 spiro atoms. The van der Waals surface area contributed by atoms with Gasteiger partial charge in [-0.05, 0) is 36.5 Å². The number of likely N-dealkylation sites (tertiary alicyclic amines) is 1. The van der Waals surface area contributed by atoms with Crippen molar-refractivity contribution in [3.63, 3.8) is 0 Å². The van der Waals surface area contributed by atoms with Crippen molar-refractivity contribution in [2.24, 2.45) is 11.7 Å². The Bertz CT molecular complexity index is 1320. The Morgan fingerprint density at radius 1 is 1.05 bits per heavy atom. The molecule has 3 amide bonds. The number of nitrogens with one attached hydrogen (secondary N) is 1. The average Bonchev–Trinajstić information content (AvgIpc) is 3.46. The zero-order valence-electron chi connectivity index (χ0n) is 22.7. The number of carbonyl (C=O) groups excluding carboxylic acids is 3. The molecule has 0 saturated carbocycles. The molecule has 0 aliphatic carbocycles. The number of nitrogens with zero attached hydrogens (tertiary/aromatic N) is 4. The molecule has 4 N–H and O–H groups in total. The lowest BCUT2D eigenvalue weighted by atomic mass is 10.00. The number of aryl methyl sites for hydroxylation is 1. The van der Waals surface area contributed by atoms with Crippen LogP contribution in [0, 0.1) is 19.8 Å². The van der Waals surface area contributed by atoms with E-state index in [0.717, 1.165) is 22.4 Å². The number of nitrogens with two attached hydrogens (primary N) is 1. The normalized spacial score (nSPS) is 18.7. The number of aliphatic hydroxyl groups is 1. The molecule has 1 aliphatic rings. The van der Waals surface area contributed by atoms with Crippen LogP contribution in [0.15, 0.2) is 54.6 Å². The fourth-order valence-corrected chi connectivity index (χ4v) is 5.02. The smallest absolute Gasteiger partial charge is 0.248 e. The molecule has 2 heterocycles. The summed E-state index contributed by atoms with van der Waals surface area (Å²) in [6.45, 7) is 7.45. The van der Waals surface area contributed by atoms with Crippen LogP contribution in [0.1, 0.15) is 43.3 Å². The zero-order valence-corrected chi connectivity index (χ0v) is 22.7. The SMILES string of the molecule is Cc1nnn([C@H](C(=O)N2C[C@H](O)C[C@H]2C(=O)N[C@H](Cc2ccc(-c3ccccc3)cc2)C(N)=O)C(C)C)c1C. The Labute approximate surface area is 228 Å². The first-order valence-corrected chi connectivity index (χ1v) is 13.2. The monoisotopic (exact) mass is 532 g/mol. The molecule has 1 aromatic heterocycles. The molecule has 10 heteroatoms. The molecule has 2 aromatic carbocycles. The van der Waals surface area contributed by atoms with Gasteiger partial charge in [-0.25, -0.2) is 4.68 Å². The quantitative estimate of drug-likeness (QED) is 0.384. The lowest BCUT2D eigenvalue weighted by molar-refractivity contribution is -0.143. The maximum Gasteiger partial charge on any atom is 0.248 e. The lowest BCUT2D eigenvalue weighted by Gasteiger charge is -2.31. The summed E-state index contributed by atoms with van der Waals surface area (Å²) in [5, 5.41) is 21.4. The number of aliphatic hydroxyl groups excluding tert-OH is 1. The van der Waals surface area contributed by atoms with Gasteiger partial charge in [0.15, 0.2) is 0 Å². The first-order chi connectivity index (χ1) is 18.6. The summed E-state index contributed by atoms with van der Waals surface area (Å²) in [4.78, 5) is 40.8. The van der Waals surface area contributed by atoms with Crippen molar-refractivity contribution < 1.29 is 19.5 Å². The van der Waals surface area contributed by atoms with Crippen LogP contribution < -0.4 is 11.1 Å². The number of carbonyl (C=O) groups is 3. The molecule has 0 bridgehead atoms. The van der Waals surface area contributed by atoms with E-state index in [2.05, 4.69) is 15.6 Å². The Morgan fingerprint density at radius 3 is 2.26 bits per heavy atom. The molecular formula is C29H36N6O4. The second-order valence-electron chi connectivity index (χ2n) is 10.5. The number of benzene rings is 2. The highest BCUT2D eigenvalue weighted by molar-refractivity contribution is 5.93. The van der Waals surface area contributed by atoms with E-state index in [4.69, 9.17) is 5.73 Å². The highest BCUT2D eigenvalue weighted by Gasteiger charge is 2.43. The first-order valence-electron chi connectivity index (χ1n) is 13.2. The largest absolute Gasteiger partial charge is 0.391 e. The molecule has 4 atom stereocenters. The molecule has 1 saturated heterocycles. The number of aromatic nitrogens is 3. The van der Waals surface area contributed by atoms with Crippen molar-refractivity contribution in [3.8, 4) is 11.1 Å². The summed E-state index contributed by atoms with van der Waals surface area (Å²) in [6.07, 6.45) is -0.603. The van der Waals surface area contributed by atoms with E-state index in [-0.39, 0.29) is 31.2 Å². The molecule has 3 aromatic rings. The number of hydrogen-bond donors (Lipinski definition) is 3. The Balaban J connectivity index is 1.49. The Kier molecular flexibility index (Phi) is 8.44. The maximum absolute atomic E-state index is 13.7. The summed E-state index contributed by atoms with van der Waals surface area (Å²) in [6, 6.07) is 15.0. The van der Waals surface area contributed by atoms with Crippen molar-refractivity contribution in [2.45, 2.75) is 64.8 Å². The summed E-state index contributed by atoms with van der Waals surface area (Å²) in [7, 11) is 0. The average molecular weight is 533 g/mol. The number of amides is 3. The molecule has 39 heavy (non-hydrogen) atoms. The van der Waals surface area contributed by atoms with E-state index in [0.29, 0.717) is 5.69 Å². The second-order valence-corrected chi connectivity index (χ2v) is 10.5. The Morgan fingerprint density at radius 2 is 1.69 bits per heavy atom. The molecule has 0 radical (unpaired) electrons. The van der Waals surface area contributed by atoms with Crippen molar-refractivity contribution in [3.05, 3.63) is 71.5 Å². The number of β-amino-alcohol motifs (C(OH)–C–C–N with tert-alkyl or cyclic N) is 1. The van der Waals surface area contributed by atoms with Crippen LogP contribution >= 0.6 is 0 Å². The van der Waals surface area contributed by atoms with E-state index in [9.17, 15) is 19.5 Å². The predicted molar refractivity (Wildman–Crippen MR) is 146 cm³/mol. The standard InChI is InChI=1S/C29H36N6O4/c1-17(2)26(35-19(4)18(3)32-33-35)29(39)34-16-23(36)15-25(34)28(38)31-24(27(30)37)14-20-10-12-22(13-11-20)21-8-6-5-7-9-21/h5-13,17,23-26,36H,14-16H2,1-4H3,(H2,30,37)(H,31,38)/t23-,24-,25+,26+/m1/s1. The lowest BCUT2D eigenvalue weighted by Crippen LogP contribution is -2.54. The van der Waals surface area contributed by atoms with Crippen molar-refractivity contribution in [1.82, 2.24) is 25.2 Å². The third-order valence-corrected chi connectivity index (χ3v) is 7.33. The van der Waals surface area contributed by atoms with Gasteiger partial charge in [0.1, 0.15) is 18.1 Å². The predicted octanol–water partition coefficient (Wildman–Crippen LogP) is 1.93. The second kappa shape index (κ2) is 11.8. The van der Waals surface area contributed by atoms with E-state index in [1.54, 1.807) is 4.68 Å². The van der Waals surface area contributed by atoms with Crippen LogP contribution in [0.4, 0.5) is 0 Å². The van der Waals surface area contributed by atoms with Gasteiger partial charge in [0.25, 0.3) is 0 Å². The van der Waals surface area contributed by atoms with Crippen LogP contribution in [0.25, 0.3) is 11.1 Å². The third kappa shape index (κ3) is 6.17. The van der Waals surface area contributed by atoms with Crippen LogP contribution in [0.3, 0.4) is 0 Å². The van der Waals surface area contributed by atoms with Crippen molar-refractivity contribution in [1.29, 1.82) is 0 Å². The van der Waals surface area contributed by atoms with Gasteiger partial charge in [-0.1, -0.05) is 73.7 Å². The van der Waals surface area contributed by atoms with Gasteiger partial charge < -0.3 is 21.1 Å². The van der Waals surface area contributed by atoms with Crippen LogP contribution in [-0.4, -0.2) is 67.5 Å². The van der Waals surface area contributed by atoms with Gasteiger partial charge >= 0.3 is 0 Å². The molecule has 206 valence electrons. The van der Waals surface area contributed by atoms with E-state index in [1.807, 2.05) is 82.3 Å². The van der Waals surface area contributed by atoms with Gasteiger partial charge in [-0.2, -0.15) is 0 Å². The first kappa shape index (κ1) is 28.0. The topological polar surface area (TPSA) is 143 Å². The minimum absolute atomic E-state index is 0.00898. The third-order valence-electron chi connectivity index (χ3n) is 7.33. The highest BCUT2D eigenvalue weighted by Crippen LogP contribution is 2.28. The van der Waals surface area contributed by atoms with Gasteiger partial charge in [0.05, 0.1) is 17.5 Å². The molecule has 10 nitrogen and oxygen atoms in total. The number of rotatable bonds is 9. The molecule has 4 rings (SSSR count).